The fourth-order valence-electron chi connectivity index (χ4n) is 2.82. The maximum Gasteiger partial charge on any atom is 0.261 e. The number of fused-ring (bicyclic) bond motifs is 1. The van der Waals surface area contributed by atoms with Crippen LogP contribution in [-0.2, 0) is 19.4 Å². The Kier molecular flexibility index (Phi) is 4.04. The normalized spacial score (nSPS) is 16.9. The Morgan fingerprint density at radius 3 is 3.09 bits per heavy atom. The van der Waals surface area contributed by atoms with Gasteiger partial charge in [-0.2, -0.15) is 0 Å². The van der Waals surface area contributed by atoms with Crippen LogP contribution in [-0.4, -0.2) is 15.9 Å². The molecule has 22 heavy (non-hydrogen) atoms. The van der Waals surface area contributed by atoms with Crippen LogP contribution < -0.4 is 10.9 Å². The number of hydrogen-bond donors (Lipinski definition) is 2. The molecule has 1 atom stereocenters. The Hall–Kier alpha value is -2.43. The molecule has 0 bridgehead atoms. The molecule has 0 aliphatic heterocycles. The van der Waals surface area contributed by atoms with Gasteiger partial charge in [-0.3, -0.25) is 14.6 Å². The van der Waals surface area contributed by atoms with Crippen molar-refractivity contribution < 1.29 is 4.79 Å². The molecule has 0 saturated carbocycles. The van der Waals surface area contributed by atoms with E-state index in [0.29, 0.717) is 12.5 Å². The Labute approximate surface area is 128 Å². The number of pyridine rings is 2. The van der Waals surface area contributed by atoms with E-state index in [1.54, 1.807) is 12.3 Å². The van der Waals surface area contributed by atoms with Crippen molar-refractivity contribution in [3.8, 4) is 0 Å². The largest absolute Gasteiger partial charge is 0.346 e. The highest BCUT2D eigenvalue weighted by Crippen LogP contribution is 2.23. The lowest BCUT2D eigenvalue weighted by Gasteiger charge is -2.21. The van der Waals surface area contributed by atoms with Crippen LogP contribution in [0.1, 0.15) is 40.7 Å². The molecule has 2 heterocycles. The van der Waals surface area contributed by atoms with Gasteiger partial charge in [0.25, 0.3) is 11.5 Å². The van der Waals surface area contributed by atoms with E-state index in [2.05, 4.69) is 22.2 Å². The smallest absolute Gasteiger partial charge is 0.261 e. The van der Waals surface area contributed by atoms with E-state index in [4.69, 9.17) is 0 Å². The van der Waals surface area contributed by atoms with Crippen molar-refractivity contribution in [2.24, 2.45) is 5.92 Å². The molecule has 1 aliphatic rings. The molecule has 1 amide bonds. The van der Waals surface area contributed by atoms with Gasteiger partial charge in [0.15, 0.2) is 0 Å². The topological polar surface area (TPSA) is 74.8 Å². The monoisotopic (exact) mass is 297 g/mol. The van der Waals surface area contributed by atoms with Crippen LogP contribution in [0.3, 0.4) is 0 Å². The van der Waals surface area contributed by atoms with Crippen molar-refractivity contribution >= 4 is 5.91 Å². The molecule has 5 heteroatoms. The Bertz CT molecular complexity index is 737. The number of aryl methyl sites for hydroxylation is 1. The maximum atomic E-state index is 12.2. The van der Waals surface area contributed by atoms with Gasteiger partial charge in [0.05, 0.1) is 12.2 Å². The second kappa shape index (κ2) is 6.13. The summed E-state index contributed by atoms with van der Waals surface area (Å²) in [5.41, 5.74) is 2.69. The van der Waals surface area contributed by atoms with Crippen molar-refractivity contribution in [3.63, 3.8) is 0 Å². The molecular formula is C17H19N3O2. The van der Waals surface area contributed by atoms with Crippen molar-refractivity contribution in [2.45, 2.75) is 32.7 Å². The van der Waals surface area contributed by atoms with Crippen LogP contribution in [0.4, 0.5) is 0 Å². The minimum atomic E-state index is -0.354. The number of H-pyrrole nitrogens is 1. The van der Waals surface area contributed by atoms with Crippen LogP contribution in [0.15, 0.2) is 35.3 Å². The number of rotatable bonds is 3. The highest BCUT2D eigenvalue weighted by atomic mass is 16.2. The van der Waals surface area contributed by atoms with E-state index in [1.807, 2.05) is 18.2 Å². The van der Waals surface area contributed by atoms with Gasteiger partial charge in [0, 0.05) is 11.9 Å². The zero-order chi connectivity index (χ0) is 15.5. The van der Waals surface area contributed by atoms with Gasteiger partial charge in [0.1, 0.15) is 5.56 Å². The second-order valence-electron chi connectivity index (χ2n) is 5.87. The first-order valence-corrected chi connectivity index (χ1v) is 7.56. The molecule has 0 saturated heterocycles. The fraction of sp³-hybridized carbons (Fsp3) is 0.353. The van der Waals surface area contributed by atoms with Crippen molar-refractivity contribution in [1.29, 1.82) is 0 Å². The highest BCUT2D eigenvalue weighted by molar-refractivity contribution is 5.94. The van der Waals surface area contributed by atoms with Crippen molar-refractivity contribution in [1.82, 2.24) is 15.3 Å². The van der Waals surface area contributed by atoms with E-state index in [0.717, 1.165) is 36.2 Å². The SMILES string of the molecule is C[C@H]1CCc2[nH]c(=O)c(C(=O)NCc3ccccn3)cc2C1. The molecular weight excluding hydrogens is 278 g/mol. The standard InChI is InChI=1S/C17H19N3O2/c1-11-5-6-15-12(8-11)9-14(17(22)20-15)16(21)19-10-13-4-2-3-7-18-13/h2-4,7,9,11H,5-6,8,10H2,1H3,(H,19,21)(H,20,22)/t11-/m0/s1. The first kappa shape index (κ1) is 14.5. The lowest BCUT2D eigenvalue weighted by molar-refractivity contribution is 0.0948. The molecule has 2 aromatic heterocycles. The zero-order valence-corrected chi connectivity index (χ0v) is 12.6. The van der Waals surface area contributed by atoms with Crippen LogP contribution in [0.2, 0.25) is 0 Å². The number of aromatic amines is 1. The van der Waals surface area contributed by atoms with Crippen molar-refractivity contribution in [2.75, 3.05) is 0 Å². The van der Waals surface area contributed by atoms with Gasteiger partial charge < -0.3 is 10.3 Å². The third-order valence-electron chi connectivity index (χ3n) is 4.07. The molecule has 0 spiro atoms. The zero-order valence-electron chi connectivity index (χ0n) is 12.6. The fourth-order valence-corrected chi connectivity index (χ4v) is 2.82. The molecule has 5 nitrogen and oxygen atoms in total. The summed E-state index contributed by atoms with van der Waals surface area (Å²) in [6.45, 7) is 2.50. The third kappa shape index (κ3) is 3.08. The first-order chi connectivity index (χ1) is 10.6. The van der Waals surface area contributed by atoms with Gasteiger partial charge in [-0.15, -0.1) is 0 Å². The number of aromatic nitrogens is 2. The molecule has 0 unspecified atom stereocenters. The summed E-state index contributed by atoms with van der Waals surface area (Å²) < 4.78 is 0. The van der Waals surface area contributed by atoms with Gasteiger partial charge in [-0.05, 0) is 48.9 Å². The summed E-state index contributed by atoms with van der Waals surface area (Å²) in [4.78, 5) is 31.4. The van der Waals surface area contributed by atoms with Crippen LogP contribution in [0.25, 0.3) is 0 Å². The molecule has 0 aromatic carbocycles. The highest BCUT2D eigenvalue weighted by Gasteiger charge is 2.20. The Morgan fingerprint density at radius 1 is 1.45 bits per heavy atom. The van der Waals surface area contributed by atoms with Gasteiger partial charge in [-0.25, -0.2) is 0 Å². The minimum Gasteiger partial charge on any atom is -0.346 e. The first-order valence-electron chi connectivity index (χ1n) is 7.56. The van der Waals surface area contributed by atoms with Gasteiger partial charge >= 0.3 is 0 Å². The molecule has 2 aromatic rings. The average Bonchev–Trinajstić information content (AvgIpc) is 2.53. The number of amides is 1. The van der Waals surface area contributed by atoms with E-state index in [-0.39, 0.29) is 17.0 Å². The summed E-state index contributed by atoms with van der Waals surface area (Å²) in [6, 6.07) is 7.26. The number of nitrogens with one attached hydrogen (secondary N) is 2. The Balaban J connectivity index is 1.78. The number of hydrogen-bond acceptors (Lipinski definition) is 3. The molecule has 114 valence electrons. The molecule has 3 rings (SSSR count). The predicted octanol–water partition coefficient (Wildman–Crippen LogP) is 1.82. The predicted molar refractivity (Wildman–Crippen MR) is 83.7 cm³/mol. The minimum absolute atomic E-state index is 0.184. The lowest BCUT2D eigenvalue weighted by atomic mass is 9.87. The van der Waals surface area contributed by atoms with Gasteiger partial charge in [0.2, 0.25) is 0 Å². The average molecular weight is 297 g/mol. The molecule has 1 aliphatic carbocycles. The van der Waals surface area contributed by atoms with Crippen LogP contribution in [0.5, 0.6) is 0 Å². The molecule has 0 radical (unpaired) electrons. The van der Waals surface area contributed by atoms with Crippen LogP contribution >= 0.6 is 0 Å². The summed E-state index contributed by atoms with van der Waals surface area (Å²) in [5, 5.41) is 2.75. The van der Waals surface area contributed by atoms with Gasteiger partial charge in [-0.1, -0.05) is 13.0 Å². The third-order valence-corrected chi connectivity index (χ3v) is 4.07. The van der Waals surface area contributed by atoms with E-state index >= 15 is 0 Å². The number of carbonyl (C=O) groups is 1. The van der Waals surface area contributed by atoms with Crippen LogP contribution in [0, 0.1) is 5.92 Å². The summed E-state index contributed by atoms with van der Waals surface area (Å²) in [6.07, 6.45) is 4.54. The van der Waals surface area contributed by atoms with E-state index in [9.17, 15) is 9.59 Å². The second-order valence-corrected chi connectivity index (χ2v) is 5.87. The van der Waals surface area contributed by atoms with E-state index in [1.165, 1.54) is 0 Å². The summed E-state index contributed by atoms with van der Waals surface area (Å²) in [5.74, 6) is 0.232. The summed E-state index contributed by atoms with van der Waals surface area (Å²) in [7, 11) is 0. The quantitative estimate of drug-likeness (QED) is 0.907. The number of carbonyl (C=O) groups excluding carboxylic acids is 1. The molecule has 0 fully saturated rings. The van der Waals surface area contributed by atoms with E-state index < -0.39 is 0 Å². The Morgan fingerprint density at radius 2 is 2.32 bits per heavy atom. The molecule has 2 N–H and O–H groups in total. The maximum absolute atomic E-state index is 12.2. The number of nitrogens with zero attached hydrogens (tertiary/aromatic N) is 1. The lowest BCUT2D eigenvalue weighted by Crippen LogP contribution is -2.31. The van der Waals surface area contributed by atoms with Crippen molar-refractivity contribution in [3.05, 3.63) is 63.3 Å². The summed E-state index contributed by atoms with van der Waals surface area (Å²) >= 11 is 0.